The maximum Gasteiger partial charge on any atom is 0.246 e. The summed E-state index contributed by atoms with van der Waals surface area (Å²) in [6.07, 6.45) is 3.26. The van der Waals surface area contributed by atoms with Crippen LogP contribution in [-0.2, 0) is 14.8 Å². The van der Waals surface area contributed by atoms with E-state index in [1.54, 1.807) is 12.1 Å². The van der Waals surface area contributed by atoms with Crippen molar-refractivity contribution >= 4 is 15.9 Å². The van der Waals surface area contributed by atoms with Crippen LogP contribution in [0.25, 0.3) is 0 Å². The number of rotatable bonds is 5. The Morgan fingerprint density at radius 3 is 2.27 bits per heavy atom. The van der Waals surface area contributed by atoms with Gasteiger partial charge in [-0.25, -0.2) is 8.42 Å². The zero-order chi connectivity index (χ0) is 18.7. The van der Waals surface area contributed by atoms with Gasteiger partial charge in [-0.2, -0.15) is 4.31 Å². The van der Waals surface area contributed by atoms with Gasteiger partial charge in [0.05, 0.1) is 14.2 Å². The molecule has 26 heavy (non-hydrogen) atoms. The summed E-state index contributed by atoms with van der Waals surface area (Å²) in [5.74, 6) is 0.911. The highest BCUT2D eigenvalue weighted by Crippen LogP contribution is 2.33. The highest BCUT2D eigenvalue weighted by Gasteiger charge is 2.35. The van der Waals surface area contributed by atoms with Gasteiger partial charge in [-0.3, -0.25) is 4.79 Å². The van der Waals surface area contributed by atoms with Crippen LogP contribution >= 0.6 is 0 Å². The fourth-order valence-electron chi connectivity index (χ4n) is 3.67. The Kier molecular flexibility index (Phi) is 5.72. The molecule has 2 heterocycles. The number of hydrogen-bond donors (Lipinski definition) is 0. The molecule has 2 aliphatic rings. The van der Waals surface area contributed by atoms with Crippen LogP contribution in [0.5, 0.6) is 11.5 Å². The van der Waals surface area contributed by atoms with Crippen LogP contribution in [0.3, 0.4) is 0 Å². The molecule has 0 spiro atoms. The zero-order valence-electron chi connectivity index (χ0n) is 15.3. The van der Waals surface area contributed by atoms with Crippen molar-refractivity contribution < 1.29 is 22.7 Å². The molecule has 144 valence electrons. The third-order valence-electron chi connectivity index (χ3n) is 5.21. The first-order valence-corrected chi connectivity index (χ1v) is 10.4. The molecule has 1 aromatic rings. The number of amides is 1. The number of likely N-dealkylation sites (tertiary alicyclic amines) is 1. The van der Waals surface area contributed by atoms with E-state index in [1.165, 1.54) is 24.6 Å². The third kappa shape index (κ3) is 3.66. The average molecular weight is 382 g/mol. The number of benzene rings is 1. The lowest BCUT2D eigenvalue weighted by molar-refractivity contribution is -0.135. The van der Waals surface area contributed by atoms with Crippen molar-refractivity contribution in [3.8, 4) is 11.5 Å². The maximum atomic E-state index is 13.0. The van der Waals surface area contributed by atoms with Gasteiger partial charge >= 0.3 is 0 Å². The number of ether oxygens (including phenoxy) is 2. The summed E-state index contributed by atoms with van der Waals surface area (Å²) >= 11 is 0. The SMILES string of the molecule is COc1ccc(S(=O)(=O)N2CCC(C(=O)N3CCCC3)CC2)c(OC)c1. The van der Waals surface area contributed by atoms with Gasteiger partial charge in [-0.05, 0) is 37.8 Å². The van der Waals surface area contributed by atoms with E-state index in [0.717, 1.165) is 25.9 Å². The van der Waals surface area contributed by atoms with Crippen LogP contribution in [0, 0.1) is 5.92 Å². The van der Waals surface area contributed by atoms with Crippen LogP contribution in [0.4, 0.5) is 0 Å². The van der Waals surface area contributed by atoms with Crippen LogP contribution in [0.2, 0.25) is 0 Å². The van der Waals surface area contributed by atoms with E-state index >= 15 is 0 Å². The number of piperidine rings is 1. The molecule has 0 aromatic heterocycles. The molecule has 2 fully saturated rings. The lowest BCUT2D eigenvalue weighted by Crippen LogP contribution is -2.43. The quantitative estimate of drug-likeness (QED) is 0.775. The molecule has 1 amide bonds. The van der Waals surface area contributed by atoms with E-state index in [9.17, 15) is 13.2 Å². The summed E-state index contributed by atoms with van der Waals surface area (Å²) in [7, 11) is -0.712. The summed E-state index contributed by atoms with van der Waals surface area (Å²) in [4.78, 5) is 14.6. The Hall–Kier alpha value is -1.80. The van der Waals surface area contributed by atoms with Gasteiger partial charge in [0.15, 0.2) is 0 Å². The minimum Gasteiger partial charge on any atom is -0.497 e. The van der Waals surface area contributed by atoms with Gasteiger partial charge in [0, 0.05) is 38.2 Å². The summed E-state index contributed by atoms with van der Waals surface area (Å²) in [5, 5.41) is 0. The van der Waals surface area contributed by atoms with Crippen molar-refractivity contribution in [1.29, 1.82) is 0 Å². The third-order valence-corrected chi connectivity index (χ3v) is 7.15. The molecule has 1 aromatic carbocycles. The largest absolute Gasteiger partial charge is 0.497 e. The molecule has 0 bridgehead atoms. The Balaban J connectivity index is 1.71. The molecule has 8 heteroatoms. The lowest BCUT2D eigenvalue weighted by atomic mass is 9.97. The van der Waals surface area contributed by atoms with E-state index in [4.69, 9.17) is 9.47 Å². The van der Waals surface area contributed by atoms with Gasteiger partial charge in [0.2, 0.25) is 15.9 Å². The second-order valence-electron chi connectivity index (χ2n) is 6.73. The van der Waals surface area contributed by atoms with Crippen molar-refractivity contribution in [2.75, 3.05) is 40.4 Å². The monoisotopic (exact) mass is 382 g/mol. The highest BCUT2D eigenvalue weighted by atomic mass is 32.2. The second-order valence-corrected chi connectivity index (χ2v) is 8.63. The Bertz CT molecular complexity index is 751. The van der Waals surface area contributed by atoms with Gasteiger partial charge in [0.1, 0.15) is 16.4 Å². The summed E-state index contributed by atoms with van der Waals surface area (Å²) in [6.45, 7) is 2.37. The van der Waals surface area contributed by atoms with Crippen molar-refractivity contribution in [1.82, 2.24) is 9.21 Å². The molecule has 2 aliphatic heterocycles. The number of hydrogen-bond acceptors (Lipinski definition) is 5. The van der Waals surface area contributed by atoms with Crippen molar-refractivity contribution in [2.45, 2.75) is 30.6 Å². The Morgan fingerprint density at radius 1 is 1.04 bits per heavy atom. The van der Waals surface area contributed by atoms with Crippen LogP contribution in [0.1, 0.15) is 25.7 Å². The number of nitrogens with zero attached hydrogens (tertiary/aromatic N) is 2. The molecule has 7 nitrogen and oxygen atoms in total. The first kappa shape index (κ1) is 19.0. The smallest absolute Gasteiger partial charge is 0.246 e. The highest BCUT2D eigenvalue weighted by molar-refractivity contribution is 7.89. The standard InChI is InChI=1S/C18H26N2O5S/c1-24-15-5-6-17(16(13-15)25-2)26(22,23)20-11-7-14(8-12-20)18(21)19-9-3-4-10-19/h5-6,13-14H,3-4,7-12H2,1-2H3. The van der Waals surface area contributed by atoms with Gasteiger partial charge < -0.3 is 14.4 Å². The van der Waals surface area contributed by atoms with Crippen LogP contribution in [-0.4, -0.2) is 63.9 Å². The maximum absolute atomic E-state index is 13.0. The summed E-state index contributed by atoms with van der Waals surface area (Å²) in [5.41, 5.74) is 0. The van der Waals surface area contributed by atoms with Crippen molar-refractivity contribution in [3.05, 3.63) is 18.2 Å². The van der Waals surface area contributed by atoms with Gasteiger partial charge in [-0.1, -0.05) is 0 Å². The molecule has 0 atom stereocenters. The van der Waals surface area contributed by atoms with Gasteiger partial charge in [0.25, 0.3) is 0 Å². The number of sulfonamides is 1. The van der Waals surface area contributed by atoms with Crippen LogP contribution < -0.4 is 9.47 Å². The average Bonchev–Trinajstić information content (AvgIpc) is 3.21. The molecule has 0 radical (unpaired) electrons. The van der Waals surface area contributed by atoms with E-state index in [1.807, 2.05) is 4.90 Å². The molecular formula is C18H26N2O5S. The molecule has 0 unspecified atom stereocenters. The van der Waals surface area contributed by atoms with E-state index in [0.29, 0.717) is 31.7 Å². The normalized spacial score (nSPS) is 19.5. The van der Waals surface area contributed by atoms with E-state index in [-0.39, 0.29) is 22.5 Å². The topological polar surface area (TPSA) is 76.2 Å². The lowest BCUT2D eigenvalue weighted by Gasteiger charge is -2.32. The predicted octanol–water partition coefficient (Wildman–Crippen LogP) is 1.73. The van der Waals surface area contributed by atoms with E-state index < -0.39 is 10.0 Å². The zero-order valence-corrected chi connectivity index (χ0v) is 16.1. The molecule has 0 saturated carbocycles. The Labute approximate surface area is 154 Å². The predicted molar refractivity (Wildman–Crippen MR) is 96.8 cm³/mol. The van der Waals surface area contributed by atoms with E-state index in [2.05, 4.69) is 0 Å². The first-order chi connectivity index (χ1) is 12.5. The number of methoxy groups -OCH3 is 2. The molecule has 3 rings (SSSR count). The molecular weight excluding hydrogens is 356 g/mol. The molecule has 2 saturated heterocycles. The fraction of sp³-hybridized carbons (Fsp3) is 0.611. The Morgan fingerprint density at radius 2 is 1.69 bits per heavy atom. The first-order valence-electron chi connectivity index (χ1n) is 8.98. The van der Waals surface area contributed by atoms with Crippen LogP contribution in [0.15, 0.2) is 23.1 Å². The second kappa shape index (κ2) is 7.84. The summed E-state index contributed by atoms with van der Waals surface area (Å²) in [6, 6.07) is 4.68. The summed E-state index contributed by atoms with van der Waals surface area (Å²) < 4.78 is 37.8. The number of carbonyl (C=O) groups is 1. The van der Waals surface area contributed by atoms with Crippen molar-refractivity contribution in [2.24, 2.45) is 5.92 Å². The van der Waals surface area contributed by atoms with Crippen molar-refractivity contribution in [3.63, 3.8) is 0 Å². The minimum absolute atomic E-state index is 0.0719. The fourth-order valence-corrected chi connectivity index (χ4v) is 5.27. The minimum atomic E-state index is -3.67. The number of carbonyl (C=O) groups excluding carboxylic acids is 1. The molecule has 0 N–H and O–H groups in total. The molecule has 0 aliphatic carbocycles. The van der Waals surface area contributed by atoms with Gasteiger partial charge in [-0.15, -0.1) is 0 Å².